The molecule has 20 heavy (non-hydrogen) atoms. The van der Waals surface area contributed by atoms with E-state index in [1.165, 1.54) is 0 Å². The summed E-state index contributed by atoms with van der Waals surface area (Å²) >= 11 is 0. The smallest absolute Gasteiger partial charge is 0.125 e. The first-order valence-corrected chi connectivity index (χ1v) is 7.00. The van der Waals surface area contributed by atoms with Gasteiger partial charge in [-0.15, -0.1) is 0 Å². The van der Waals surface area contributed by atoms with E-state index >= 15 is 0 Å². The molecule has 0 aliphatic carbocycles. The zero-order chi connectivity index (χ0) is 13.8. The van der Waals surface area contributed by atoms with Crippen molar-refractivity contribution < 1.29 is 4.42 Å². The molecular weight excluding hydrogens is 248 g/mol. The van der Waals surface area contributed by atoms with Crippen LogP contribution in [-0.4, -0.2) is 11.5 Å². The Kier molecular flexibility index (Phi) is 3.79. The highest BCUT2D eigenvalue weighted by atomic mass is 16.3. The number of hydrogen-bond acceptors (Lipinski definition) is 3. The Balaban J connectivity index is 1.99. The summed E-state index contributed by atoms with van der Waals surface area (Å²) in [5, 5.41) is 4.67. The first kappa shape index (κ1) is 12.9. The summed E-state index contributed by atoms with van der Waals surface area (Å²) in [6.45, 7) is 3.10. The average molecular weight is 266 g/mol. The summed E-state index contributed by atoms with van der Waals surface area (Å²) in [5.74, 6) is 0.926. The van der Waals surface area contributed by atoms with E-state index in [0.717, 1.165) is 35.2 Å². The quantitative estimate of drug-likeness (QED) is 0.760. The van der Waals surface area contributed by atoms with Gasteiger partial charge in [-0.2, -0.15) is 0 Å². The van der Waals surface area contributed by atoms with Gasteiger partial charge in [-0.05, 0) is 42.8 Å². The lowest BCUT2D eigenvalue weighted by Gasteiger charge is -2.16. The highest BCUT2D eigenvalue weighted by Crippen LogP contribution is 2.24. The first-order chi connectivity index (χ1) is 9.88. The summed E-state index contributed by atoms with van der Waals surface area (Å²) in [4.78, 5) is 4.54. The van der Waals surface area contributed by atoms with Gasteiger partial charge in [0, 0.05) is 11.6 Å². The molecule has 3 nitrogen and oxygen atoms in total. The second kappa shape index (κ2) is 5.88. The third kappa shape index (κ3) is 2.58. The van der Waals surface area contributed by atoms with Crippen LogP contribution >= 0.6 is 0 Å². The van der Waals surface area contributed by atoms with Crippen LogP contribution in [0.3, 0.4) is 0 Å². The van der Waals surface area contributed by atoms with Crippen LogP contribution < -0.4 is 5.32 Å². The number of pyridine rings is 1. The maximum absolute atomic E-state index is 5.57. The third-order valence-electron chi connectivity index (χ3n) is 3.37. The molecule has 3 aromatic rings. The van der Waals surface area contributed by atoms with E-state index in [-0.39, 0.29) is 6.04 Å². The van der Waals surface area contributed by atoms with Crippen LogP contribution in [-0.2, 0) is 0 Å². The van der Waals surface area contributed by atoms with Crippen molar-refractivity contribution in [3.8, 4) is 0 Å². The number of nitrogens with zero attached hydrogens (tertiary/aromatic N) is 1. The molecule has 102 valence electrons. The predicted octanol–water partition coefficient (Wildman–Crippen LogP) is 3.92. The Hall–Kier alpha value is -2.13. The van der Waals surface area contributed by atoms with Crippen LogP contribution in [0.5, 0.6) is 0 Å². The van der Waals surface area contributed by atoms with Gasteiger partial charge in [0.05, 0.1) is 17.8 Å². The summed E-state index contributed by atoms with van der Waals surface area (Å²) in [7, 11) is 0. The number of aromatic nitrogens is 1. The van der Waals surface area contributed by atoms with Crippen molar-refractivity contribution in [2.45, 2.75) is 19.4 Å². The van der Waals surface area contributed by atoms with Gasteiger partial charge in [-0.1, -0.05) is 25.1 Å². The molecule has 1 N–H and O–H groups in total. The van der Waals surface area contributed by atoms with Gasteiger partial charge >= 0.3 is 0 Å². The zero-order valence-corrected chi connectivity index (χ0v) is 11.5. The van der Waals surface area contributed by atoms with Crippen LogP contribution in [0.25, 0.3) is 10.9 Å². The van der Waals surface area contributed by atoms with Crippen molar-refractivity contribution in [1.29, 1.82) is 0 Å². The Bertz CT molecular complexity index is 676. The number of hydrogen-bond donors (Lipinski definition) is 1. The molecule has 3 rings (SSSR count). The van der Waals surface area contributed by atoms with Crippen LogP contribution in [0.15, 0.2) is 59.3 Å². The van der Waals surface area contributed by atoms with Crippen molar-refractivity contribution in [2.24, 2.45) is 0 Å². The lowest BCUT2D eigenvalue weighted by molar-refractivity contribution is 0.446. The largest absolute Gasteiger partial charge is 0.467 e. The molecule has 0 saturated carbocycles. The molecule has 1 aromatic carbocycles. The minimum Gasteiger partial charge on any atom is -0.467 e. The number of rotatable bonds is 5. The van der Waals surface area contributed by atoms with Gasteiger partial charge in [0.15, 0.2) is 0 Å². The van der Waals surface area contributed by atoms with Crippen LogP contribution in [0, 0.1) is 0 Å². The van der Waals surface area contributed by atoms with Crippen molar-refractivity contribution in [1.82, 2.24) is 10.3 Å². The normalized spacial score (nSPS) is 12.7. The molecule has 0 bridgehead atoms. The lowest BCUT2D eigenvalue weighted by Crippen LogP contribution is -2.22. The Labute approximate surface area is 118 Å². The molecule has 2 aromatic heterocycles. The summed E-state index contributed by atoms with van der Waals surface area (Å²) in [5.41, 5.74) is 2.15. The van der Waals surface area contributed by atoms with E-state index in [0.29, 0.717) is 0 Å². The van der Waals surface area contributed by atoms with Crippen LogP contribution in [0.4, 0.5) is 0 Å². The second-order valence-corrected chi connectivity index (χ2v) is 4.86. The van der Waals surface area contributed by atoms with E-state index in [9.17, 15) is 0 Å². The van der Waals surface area contributed by atoms with Crippen molar-refractivity contribution in [2.75, 3.05) is 6.54 Å². The molecule has 0 radical (unpaired) electrons. The van der Waals surface area contributed by atoms with Gasteiger partial charge in [-0.3, -0.25) is 4.98 Å². The maximum Gasteiger partial charge on any atom is 0.125 e. The first-order valence-electron chi connectivity index (χ1n) is 7.00. The second-order valence-electron chi connectivity index (χ2n) is 4.86. The molecule has 2 heterocycles. The Morgan fingerprint density at radius 3 is 2.90 bits per heavy atom. The molecule has 0 spiro atoms. The Morgan fingerprint density at radius 1 is 1.20 bits per heavy atom. The number of furan rings is 1. The van der Waals surface area contributed by atoms with Gasteiger partial charge in [0.2, 0.25) is 0 Å². The van der Waals surface area contributed by atoms with Crippen LogP contribution in [0.2, 0.25) is 0 Å². The molecule has 0 aliphatic heterocycles. The van der Waals surface area contributed by atoms with Crippen molar-refractivity contribution in [3.05, 3.63) is 66.2 Å². The number of benzene rings is 1. The molecular formula is C17H18N2O. The molecule has 0 aliphatic rings. The van der Waals surface area contributed by atoms with E-state index in [4.69, 9.17) is 4.42 Å². The zero-order valence-electron chi connectivity index (χ0n) is 11.5. The lowest BCUT2D eigenvalue weighted by atomic mass is 10.0. The Morgan fingerprint density at radius 2 is 2.10 bits per heavy atom. The van der Waals surface area contributed by atoms with E-state index in [1.807, 2.05) is 36.5 Å². The minimum atomic E-state index is 0.0575. The maximum atomic E-state index is 5.57. The number of nitrogens with one attached hydrogen (secondary N) is 1. The molecule has 3 heteroatoms. The number of para-hydroxylation sites is 1. The summed E-state index contributed by atoms with van der Waals surface area (Å²) < 4.78 is 5.57. The van der Waals surface area contributed by atoms with Crippen molar-refractivity contribution >= 4 is 10.9 Å². The van der Waals surface area contributed by atoms with E-state index in [2.05, 4.69) is 29.4 Å². The molecule has 1 atom stereocenters. The van der Waals surface area contributed by atoms with Crippen molar-refractivity contribution in [3.63, 3.8) is 0 Å². The molecule has 0 amide bonds. The monoisotopic (exact) mass is 266 g/mol. The third-order valence-corrected chi connectivity index (χ3v) is 3.37. The van der Waals surface area contributed by atoms with Crippen LogP contribution in [0.1, 0.15) is 30.7 Å². The van der Waals surface area contributed by atoms with Gasteiger partial charge in [0.1, 0.15) is 5.76 Å². The fraction of sp³-hybridized carbons (Fsp3) is 0.235. The van der Waals surface area contributed by atoms with E-state index in [1.54, 1.807) is 6.26 Å². The molecule has 0 fully saturated rings. The SMILES string of the molecule is CCCNC(c1cnc2ccccc2c1)c1ccco1. The van der Waals surface area contributed by atoms with Gasteiger partial charge in [-0.25, -0.2) is 0 Å². The van der Waals surface area contributed by atoms with Gasteiger partial charge in [0.25, 0.3) is 0 Å². The number of fused-ring (bicyclic) bond motifs is 1. The highest BCUT2D eigenvalue weighted by molar-refractivity contribution is 5.78. The summed E-state index contributed by atoms with van der Waals surface area (Å²) in [6, 6.07) is 14.3. The molecule has 1 unspecified atom stereocenters. The predicted molar refractivity (Wildman–Crippen MR) is 80.6 cm³/mol. The average Bonchev–Trinajstić information content (AvgIpc) is 3.02. The molecule has 0 saturated heterocycles. The minimum absolute atomic E-state index is 0.0575. The highest BCUT2D eigenvalue weighted by Gasteiger charge is 2.16. The fourth-order valence-corrected chi connectivity index (χ4v) is 2.37. The standard InChI is InChI=1S/C17H18N2O/c1-2-9-18-17(16-8-5-10-20-16)14-11-13-6-3-4-7-15(13)19-12-14/h3-8,10-12,17-18H,2,9H2,1H3. The summed E-state index contributed by atoms with van der Waals surface area (Å²) in [6.07, 6.45) is 4.72. The fourth-order valence-electron chi connectivity index (χ4n) is 2.37. The van der Waals surface area contributed by atoms with E-state index < -0.39 is 0 Å². The van der Waals surface area contributed by atoms with Gasteiger partial charge < -0.3 is 9.73 Å². The topological polar surface area (TPSA) is 38.1 Å².